The summed E-state index contributed by atoms with van der Waals surface area (Å²) in [6, 6.07) is 5.61. The Kier molecular flexibility index (Phi) is 7.42. The molecule has 174 valence electrons. The van der Waals surface area contributed by atoms with E-state index in [1.807, 2.05) is 25.1 Å². The van der Waals surface area contributed by atoms with Gasteiger partial charge in [-0.1, -0.05) is 17.7 Å². The number of aromatic nitrogens is 2. The van der Waals surface area contributed by atoms with Gasteiger partial charge in [0, 0.05) is 50.1 Å². The Hall–Kier alpha value is -2.63. The number of esters is 1. The van der Waals surface area contributed by atoms with Crippen molar-refractivity contribution in [1.82, 2.24) is 19.4 Å². The average molecular weight is 484 g/mol. The number of sulfonamides is 1. The van der Waals surface area contributed by atoms with Gasteiger partial charge >= 0.3 is 5.97 Å². The molecule has 0 radical (unpaired) electrons. The molecule has 1 fully saturated rings. The number of anilines is 1. The third-order valence-electron chi connectivity index (χ3n) is 5.07. The highest BCUT2D eigenvalue weighted by Crippen LogP contribution is 2.27. The van der Waals surface area contributed by atoms with Gasteiger partial charge in [0.2, 0.25) is 5.03 Å². The molecule has 10 nitrogen and oxygen atoms in total. The standard InChI is InChI=1S/C20H26ClN5O5S/c1-4-31-18(27)12-22-19(28)16-13-24(3)23-20(16)32(29,30)26-9-7-25(8-10-26)17-11-15(21)6-5-14(17)2/h5-6,11,13H,4,7-10,12H2,1-3H3,(H,22,28). The van der Waals surface area contributed by atoms with Gasteiger partial charge in [0.15, 0.2) is 0 Å². The third kappa shape index (κ3) is 5.22. The van der Waals surface area contributed by atoms with E-state index < -0.39 is 21.9 Å². The van der Waals surface area contributed by atoms with Crippen LogP contribution in [0.2, 0.25) is 5.02 Å². The summed E-state index contributed by atoms with van der Waals surface area (Å²) in [4.78, 5) is 26.1. The fourth-order valence-electron chi connectivity index (χ4n) is 3.49. The monoisotopic (exact) mass is 483 g/mol. The van der Waals surface area contributed by atoms with E-state index in [0.29, 0.717) is 18.1 Å². The van der Waals surface area contributed by atoms with Crippen molar-refractivity contribution in [3.63, 3.8) is 0 Å². The zero-order chi connectivity index (χ0) is 23.5. The van der Waals surface area contributed by atoms with E-state index in [2.05, 4.69) is 15.3 Å². The number of aryl methyl sites for hydroxylation is 2. The number of hydrogen-bond acceptors (Lipinski definition) is 7. The number of ether oxygens (including phenoxy) is 1. The summed E-state index contributed by atoms with van der Waals surface area (Å²) in [7, 11) is -2.49. The summed E-state index contributed by atoms with van der Waals surface area (Å²) in [6.07, 6.45) is 1.32. The molecule has 1 aliphatic heterocycles. The number of hydrogen-bond donors (Lipinski definition) is 1. The molecule has 1 saturated heterocycles. The van der Waals surface area contributed by atoms with Crippen molar-refractivity contribution in [3.8, 4) is 0 Å². The van der Waals surface area contributed by atoms with Crippen molar-refractivity contribution in [1.29, 1.82) is 0 Å². The van der Waals surface area contributed by atoms with Gasteiger partial charge < -0.3 is 15.0 Å². The smallest absolute Gasteiger partial charge is 0.325 e. The van der Waals surface area contributed by atoms with Crippen molar-refractivity contribution in [2.24, 2.45) is 7.05 Å². The topological polar surface area (TPSA) is 114 Å². The third-order valence-corrected chi connectivity index (χ3v) is 7.14. The minimum absolute atomic E-state index is 0.120. The quantitative estimate of drug-likeness (QED) is 0.588. The minimum Gasteiger partial charge on any atom is -0.465 e. The van der Waals surface area contributed by atoms with Gasteiger partial charge in [-0.3, -0.25) is 14.3 Å². The summed E-state index contributed by atoms with van der Waals surface area (Å²) >= 11 is 6.12. The van der Waals surface area contributed by atoms with Crippen LogP contribution in [0.5, 0.6) is 0 Å². The Morgan fingerprint density at radius 1 is 1.22 bits per heavy atom. The van der Waals surface area contributed by atoms with Gasteiger partial charge in [-0.2, -0.15) is 9.40 Å². The molecule has 12 heteroatoms. The fourth-order valence-corrected chi connectivity index (χ4v) is 5.20. The number of rotatable bonds is 7. The van der Waals surface area contributed by atoms with Crippen LogP contribution in [0, 0.1) is 6.92 Å². The van der Waals surface area contributed by atoms with Crippen LogP contribution >= 0.6 is 11.6 Å². The zero-order valence-electron chi connectivity index (χ0n) is 18.2. The van der Waals surface area contributed by atoms with Gasteiger partial charge in [-0.25, -0.2) is 8.42 Å². The first-order valence-corrected chi connectivity index (χ1v) is 11.9. The molecule has 1 N–H and O–H groups in total. The van der Waals surface area contributed by atoms with Crippen LogP contribution in [0.1, 0.15) is 22.8 Å². The highest BCUT2D eigenvalue weighted by molar-refractivity contribution is 7.89. The molecule has 0 atom stereocenters. The number of nitrogens with one attached hydrogen (secondary N) is 1. The van der Waals surface area contributed by atoms with Crippen LogP contribution in [-0.4, -0.2) is 73.7 Å². The van der Waals surface area contributed by atoms with Crippen molar-refractivity contribution in [3.05, 3.63) is 40.5 Å². The Morgan fingerprint density at radius 3 is 2.56 bits per heavy atom. The number of carbonyl (C=O) groups is 2. The predicted octanol–water partition coefficient (Wildman–Crippen LogP) is 1.19. The maximum atomic E-state index is 13.3. The number of carbonyl (C=O) groups excluding carboxylic acids is 2. The zero-order valence-corrected chi connectivity index (χ0v) is 19.7. The van der Waals surface area contributed by atoms with Crippen molar-refractivity contribution < 1.29 is 22.7 Å². The number of amides is 1. The van der Waals surface area contributed by atoms with E-state index in [0.717, 1.165) is 11.3 Å². The SMILES string of the molecule is CCOC(=O)CNC(=O)c1cn(C)nc1S(=O)(=O)N1CCN(c2cc(Cl)ccc2C)CC1. The first-order valence-electron chi connectivity index (χ1n) is 10.1. The van der Waals surface area contributed by atoms with Gasteiger partial charge in [-0.15, -0.1) is 0 Å². The molecule has 1 aromatic carbocycles. The Balaban J connectivity index is 1.74. The average Bonchev–Trinajstić information content (AvgIpc) is 3.17. The molecule has 1 aromatic heterocycles. The van der Waals surface area contributed by atoms with Gasteiger partial charge in [0.1, 0.15) is 6.54 Å². The summed E-state index contributed by atoms with van der Waals surface area (Å²) < 4.78 is 33.9. The Bertz CT molecular complexity index is 1110. The lowest BCUT2D eigenvalue weighted by molar-refractivity contribution is -0.141. The molecular weight excluding hydrogens is 458 g/mol. The Labute approximate surface area is 192 Å². The number of benzene rings is 1. The number of nitrogens with zero attached hydrogens (tertiary/aromatic N) is 4. The second-order valence-corrected chi connectivity index (χ2v) is 9.62. The fraction of sp³-hybridized carbons (Fsp3) is 0.450. The summed E-state index contributed by atoms with van der Waals surface area (Å²) in [5.74, 6) is -1.32. The predicted molar refractivity (Wildman–Crippen MR) is 119 cm³/mol. The van der Waals surface area contributed by atoms with E-state index >= 15 is 0 Å². The largest absolute Gasteiger partial charge is 0.465 e. The van der Waals surface area contributed by atoms with Gasteiger partial charge in [-0.05, 0) is 31.5 Å². The van der Waals surface area contributed by atoms with E-state index in [1.54, 1.807) is 6.92 Å². The van der Waals surface area contributed by atoms with Crippen LogP contribution < -0.4 is 10.2 Å². The van der Waals surface area contributed by atoms with E-state index in [4.69, 9.17) is 16.3 Å². The van der Waals surface area contributed by atoms with Gasteiger partial charge in [0.25, 0.3) is 15.9 Å². The maximum absolute atomic E-state index is 13.3. The first-order chi connectivity index (χ1) is 15.1. The molecule has 32 heavy (non-hydrogen) atoms. The van der Waals surface area contributed by atoms with Crippen LogP contribution in [0.4, 0.5) is 5.69 Å². The summed E-state index contributed by atoms with van der Waals surface area (Å²) in [6.45, 7) is 4.85. The van der Waals surface area contributed by atoms with Crippen LogP contribution in [0.15, 0.2) is 29.4 Å². The number of piperazine rings is 1. The Morgan fingerprint density at radius 2 is 1.91 bits per heavy atom. The highest BCUT2D eigenvalue weighted by Gasteiger charge is 2.34. The van der Waals surface area contributed by atoms with Crippen LogP contribution in [0.25, 0.3) is 0 Å². The molecule has 2 heterocycles. The minimum atomic E-state index is -4.02. The van der Waals surface area contributed by atoms with E-state index in [1.165, 1.54) is 22.2 Å². The van der Waals surface area contributed by atoms with Crippen LogP contribution in [-0.2, 0) is 26.6 Å². The molecule has 3 rings (SSSR count). The normalized spacial score (nSPS) is 14.9. The molecule has 2 aromatic rings. The number of halogens is 1. The first kappa shape index (κ1) is 24.0. The second-order valence-electron chi connectivity index (χ2n) is 7.33. The van der Waals surface area contributed by atoms with Crippen molar-refractivity contribution in [2.75, 3.05) is 44.2 Å². The summed E-state index contributed by atoms with van der Waals surface area (Å²) in [5, 5.41) is 6.68. The lowest BCUT2D eigenvalue weighted by Gasteiger charge is -2.35. The molecule has 0 unspecified atom stereocenters. The highest BCUT2D eigenvalue weighted by atomic mass is 35.5. The van der Waals surface area contributed by atoms with Crippen molar-refractivity contribution in [2.45, 2.75) is 18.9 Å². The second kappa shape index (κ2) is 9.88. The maximum Gasteiger partial charge on any atom is 0.325 e. The van der Waals surface area contributed by atoms with E-state index in [9.17, 15) is 18.0 Å². The molecule has 0 aliphatic carbocycles. The van der Waals surface area contributed by atoms with Crippen molar-refractivity contribution >= 4 is 39.2 Å². The van der Waals surface area contributed by atoms with E-state index in [-0.39, 0.29) is 36.8 Å². The molecule has 1 aliphatic rings. The molecule has 0 saturated carbocycles. The van der Waals surface area contributed by atoms with Crippen LogP contribution in [0.3, 0.4) is 0 Å². The molecule has 1 amide bonds. The molecule has 0 spiro atoms. The molecular formula is C20H26ClN5O5S. The lowest BCUT2D eigenvalue weighted by Crippen LogP contribution is -2.49. The lowest BCUT2D eigenvalue weighted by atomic mass is 10.1. The molecule has 0 bridgehead atoms. The van der Waals surface area contributed by atoms with Gasteiger partial charge in [0.05, 0.1) is 12.2 Å². The summed E-state index contributed by atoms with van der Waals surface area (Å²) in [5.41, 5.74) is 1.90.